The number of aliphatic hydroxyl groups excluding tert-OH is 8. The first-order valence-electron chi connectivity index (χ1n) is 43.8. The van der Waals surface area contributed by atoms with Gasteiger partial charge in [-0.15, -0.1) is 0 Å². The summed E-state index contributed by atoms with van der Waals surface area (Å²) in [5.74, 6) is -16.9. The van der Waals surface area contributed by atoms with E-state index in [1.807, 2.05) is 0 Å². The van der Waals surface area contributed by atoms with Crippen LogP contribution in [0.3, 0.4) is 0 Å². The molecule has 0 aromatic rings. The lowest BCUT2D eigenvalue weighted by Gasteiger charge is -2.63. The Bertz CT molecular complexity index is 3330. The fourth-order valence-corrected chi connectivity index (χ4v) is 18.1. The molecule has 0 spiro atoms. The predicted molar refractivity (Wildman–Crippen MR) is 473 cm³/mol. The lowest BCUT2D eigenvalue weighted by Crippen LogP contribution is -2.84. The maximum absolute atomic E-state index is 10.4. The molecule has 8 fully saturated rings. The molecule has 40 atom stereocenters. The predicted octanol–water partition coefficient (Wildman–Crippen LogP) is -10.2. The summed E-state index contributed by atoms with van der Waals surface area (Å²) in [6.07, 6.45) is 0. The normalized spacial score (nSPS) is 60.4. The fraction of sp³-hybridized carbons (Fsp3) is 1.00. The van der Waals surface area contributed by atoms with Gasteiger partial charge in [-0.05, 0) is 277 Å². The molecule has 0 aromatic heterocycles. The molecule has 8 aliphatic heterocycles. The van der Waals surface area contributed by atoms with Crippen LogP contribution in [0.25, 0.3) is 0 Å². The molecule has 48 heteroatoms. The third-order valence-corrected chi connectivity index (χ3v) is 36.4. The Balaban J connectivity index is 0.000000777. The van der Waals surface area contributed by atoms with E-state index in [0.717, 1.165) is 0 Å². The van der Waals surface area contributed by atoms with Crippen molar-refractivity contribution in [3.05, 3.63) is 0 Å². The van der Waals surface area contributed by atoms with Crippen LogP contribution in [0.4, 0.5) is 0 Å². The summed E-state index contributed by atoms with van der Waals surface area (Å²) < 4.78 is 41.8. The monoisotopic (exact) mass is 2000 g/mol. The van der Waals surface area contributed by atoms with E-state index in [-0.39, 0.29) is 0 Å². The zero-order valence-corrected chi connectivity index (χ0v) is 86.8. The van der Waals surface area contributed by atoms with Crippen molar-refractivity contribution in [1.82, 2.24) is 0 Å². The zero-order valence-electron chi connectivity index (χ0n) is 86.8. The Hall–Kier alpha value is -1.92. The topological polar surface area (TPSA) is 883 Å². The van der Waals surface area contributed by atoms with Crippen LogP contribution in [0, 0.1) is 0 Å². The molecule has 8 aliphatic rings. The molecule has 0 bridgehead atoms. The van der Waals surface area contributed by atoms with Gasteiger partial charge in [-0.2, -0.15) is 0 Å². The van der Waals surface area contributed by atoms with Gasteiger partial charge in [-0.3, -0.25) is 0 Å². The van der Waals surface area contributed by atoms with Crippen LogP contribution in [0.1, 0.15) is 277 Å². The number of hydrogen-bond donors (Lipinski definition) is 40. The second-order valence-electron chi connectivity index (χ2n) is 45.5. The highest BCUT2D eigenvalue weighted by atomic mass is 16.7. The molecule has 8 heterocycles. The minimum absolute atomic E-state index is 0.623. The van der Waals surface area contributed by atoms with Crippen molar-refractivity contribution in [2.75, 3.05) is 52.9 Å². The van der Waals surface area contributed by atoms with Gasteiger partial charge in [0.25, 0.3) is 0 Å². The Kier molecular flexibility index (Phi) is 34.9. The highest BCUT2D eigenvalue weighted by molar-refractivity contribution is 5.29. The van der Waals surface area contributed by atoms with Crippen LogP contribution in [0.2, 0.25) is 0 Å². The average Bonchev–Trinajstić information content (AvgIpc) is 0.737. The Labute approximate surface area is 794 Å². The maximum Gasteiger partial charge on any atom is 0.195 e. The van der Waals surface area contributed by atoms with Crippen molar-refractivity contribution in [2.45, 2.75) is 502 Å². The van der Waals surface area contributed by atoms with Gasteiger partial charge in [0.1, 0.15) is 179 Å². The summed E-state index contributed by atoms with van der Waals surface area (Å²) in [6.45, 7) is 44.0. The first-order chi connectivity index (χ1) is 58.1. The van der Waals surface area contributed by atoms with E-state index >= 15 is 0 Å². The lowest BCUT2D eigenvalue weighted by atomic mass is 9.61. The van der Waals surface area contributed by atoms with Crippen LogP contribution in [0.5, 0.6) is 0 Å². The van der Waals surface area contributed by atoms with Crippen molar-refractivity contribution >= 4 is 0 Å². The third-order valence-electron chi connectivity index (χ3n) is 36.4. The van der Waals surface area contributed by atoms with E-state index in [4.69, 9.17) is 37.9 Å². The third kappa shape index (κ3) is 17.7. The van der Waals surface area contributed by atoms with Crippen molar-refractivity contribution in [3.63, 3.8) is 0 Å². The molecule has 8 saturated heterocycles. The SMILES string of the molecule is CC1(O)OC(C)(CO)C(C)(O)C(C)(O)C1(C)O.CC1(O)OC(C)(CO)C(C)(O)C(C)(O)C1(C)O.CC1(O)OC(C)(CO)C(C)(O)C(C)(O)C1(C)O.CC1(O)OC(C)(CO)C(C)(O)C(C)(O)C1(C)O.CC1(O)OC(C)(CO)C(C)(O)C(C)(O)C1(C)O.CC1(O)OC(C)(CO)C(C)(O)C(C)(O)C1(C)O.CC1(O)OC(C)(CO)C(C)(O)C(C)(O)C1(C)O.CC1(O)OC(C)(CO)C(C)(O)C(C)(O)C1(C)O. The van der Waals surface area contributed by atoms with E-state index in [1.54, 1.807) is 0 Å². The Morgan fingerprint density at radius 2 is 0.147 bits per heavy atom. The standard InChI is InChI=1S/8C11H22O6/c8*1-7(6-12)8(2,13)9(3,14)10(4,15)11(5,16)17-7/h8*12-16H,6H2,1-5H3. The minimum atomic E-state index is -2.11. The zero-order chi connectivity index (χ0) is 111. The average molecular weight is 2000 g/mol. The molecular formula is C88H176O48. The summed E-state index contributed by atoms with van der Waals surface area (Å²) in [5, 5.41) is 403. The quantitative estimate of drug-likeness (QED) is 0.107. The fourth-order valence-electron chi connectivity index (χ4n) is 18.1. The molecule has 0 aliphatic carbocycles. The Morgan fingerprint density at radius 1 is 0.0956 bits per heavy atom. The van der Waals surface area contributed by atoms with Crippen LogP contribution < -0.4 is 0 Å². The first-order valence-corrected chi connectivity index (χ1v) is 43.8. The summed E-state index contributed by atoms with van der Waals surface area (Å²) in [7, 11) is 0. The molecule has 0 aromatic carbocycles. The largest absolute Gasteiger partial charge is 0.393 e. The second kappa shape index (κ2) is 36.0. The van der Waals surface area contributed by atoms with Crippen LogP contribution in [0.15, 0.2) is 0 Å². The van der Waals surface area contributed by atoms with E-state index in [2.05, 4.69) is 0 Å². The number of aliphatic hydroxyl groups is 40. The van der Waals surface area contributed by atoms with Crippen molar-refractivity contribution in [2.24, 2.45) is 0 Å². The van der Waals surface area contributed by atoms with Crippen LogP contribution in [-0.4, -0.2) is 483 Å². The number of rotatable bonds is 8. The van der Waals surface area contributed by atoms with E-state index in [0.29, 0.717) is 0 Å². The smallest absolute Gasteiger partial charge is 0.195 e. The molecule has 0 amide bonds. The van der Waals surface area contributed by atoms with Crippen LogP contribution >= 0.6 is 0 Å². The van der Waals surface area contributed by atoms with Gasteiger partial charge in [0.15, 0.2) is 46.3 Å². The maximum atomic E-state index is 10.4. The molecule has 8 rings (SSSR count). The summed E-state index contributed by atoms with van der Waals surface area (Å²) in [4.78, 5) is 0. The highest BCUT2D eigenvalue weighted by Gasteiger charge is 2.82. The van der Waals surface area contributed by atoms with Crippen LogP contribution in [-0.2, 0) is 37.9 Å². The van der Waals surface area contributed by atoms with Gasteiger partial charge < -0.3 is 242 Å². The van der Waals surface area contributed by atoms with Gasteiger partial charge in [-0.1, -0.05) is 0 Å². The van der Waals surface area contributed by atoms with Crippen molar-refractivity contribution < 1.29 is 242 Å². The molecular weight excluding hydrogens is 1820 g/mol. The molecule has 40 unspecified atom stereocenters. The molecule has 136 heavy (non-hydrogen) atoms. The van der Waals surface area contributed by atoms with E-state index in [1.165, 1.54) is 277 Å². The molecule has 0 radical (unpaired) electrons. The van der Waals surface area contributed by atoms with Gasteiger partial charge in [0.2, 0.25) is 0 Å². The summed E-state index contributed by atoms with van der Waals surface area (Å²) in [6, 6.07) is 0. The Morgan fingerprint density at radius 3 is 0.191 bits per heavy atom. The molecule has 0 saturated carbocycles. The van der Waals surface area contributed by atoms with Crippen molar-refractivity contribution in [1.29, 1.82) is 0 Å². The summed E-state index contributed by atoms with van der Waals surface area (Å²) in [5.41, 5.74) is -62.1. The molecule has 40 N–H and O–H groups in total. The first kappa shape index (κ1) is 132. The van der Waals surface area contributed by atoms with E-state index < -0.39 is 278 Å². The number of hydrogen-bond acceptors (Lipinski definition) is 48. The van der Waals surface area contributed by atoms with E-state index in [9.17, 15) is 204 Å². The van der Waals surface area contributed by atoms with Gasteiger partial charge in [-0.25, -0.2) is 0 Å². The van der Waals surface area contributed by atoms with Gasteiger partial charge in [0.05, 0.1) is 52.9 Å². The highest BCUT2D eigenvalue weighted by Crippen LogP contribution is 2.61. The van der Waals surface area contributed by atoms with Gasteiger partial charge in [0, 0.05) is 0 Å². The molecule has 48 nitrogen and oxygen atoms in total. The second-order valence-corrected chi connectivity index (χ2v) is 45.5. The molecule has 816 valence electrons. The summed E-state index contributed by atoms with van der Waals surface area (Å²) >= 11 is 0. The minimum Gasteiger partial charge on any atom is -0.393 e. The number of ether oxygens (including phenoxy) is 8. The van der Waals surface area contributed by atoms with Crippen molar-refractivity contribution in [3.8, 4) is 0 Å². The van der Waals surface area contributed by atoms with Gasteiger partial charge >= 0.3 is 0 Å². The lowest BCUT2D eigenvalue weighted by molar-refractivity contribution is -0.449.